The molecule has 112 valence electrons. The predicted octanol–water partition coefficient (Wildman–Crippen LogP) is 1.68. The number of nitrogens with zero attached hydrogens (tertiary/aromatic N) is 2. The van der Waals surface area contributed by atoms with E-state index in [-0.39, 0.29) is 17.5 Å². The molecule has 2 N–H and O–H groups in total. The van der Waals surface area contributed by atoms with Gasteiger partial charge in [0.25, 0.3) is 0 Å². The topological polar surface area (TPSA) is 84.0 Å². The van der Waals surface area contributed by atoms with E-state index in [9.17, 15) is 8.42 Å². The maximum absolute atomic E-state index is 11.4. The van der Waals surface area contributed by atoms with Crippen LogP contribution in [0.3, 0.4) is 0 Å². The predicted molar refractivity (Wildman–Crippen MR) is 80.7 cm³/mol. The maximum Gasteiger partial charge on any atom is 0.224 e. The molecule has 0 radical (unpaired) electrons. The second-order valence-electron chi connectivity index (χ2n) is 5.14. The van der Waals surface area contributed by atoms with Crippen LogP contribution in [-0.2, 0) is 9.84 Å². The highest BCUT2D eigenvalue weighted by atomic mass is 32.2. The highest BCUT2D eigenvalue weighted by Crippen LogP contribution is 2.16. The first-order valence-electron chi connectivity index (χ1n) is 7.13. The van der Waals surface area contributed by atoms with Gasteiger partial charge in [0, 0.05) is 18.8 Å². The monoisotopic (exact) mass is 298 g/mol. The van der Waals surface area contributed by atoms with Crippen molar-refractivity contribution >= 4 is 21.6 Å². The summed E-state index contributed by atoms with van der Waals surface area (Å²) in [5.74, 6) is 1.72. The Morgan fingerprint density at radius 2 is 2.25 bits per heavy atom. The molecule has 1 aromatic heterocycles. The first kappa shape index (κ1) is 15.0. The van der Waals surface area contributed by atoms with Gasteiger partial charge in [0.05, 0.1) is 11.5 Å². The maximum atomic E-state index is 11.4. The third kappa shape index (κ3) is 4.63. The minimum Gasteiger partial charge on any atom is -0.366 e. The second kappa shape index (κ2) is 6.88. The van der Waals surface area contributed by atoms with E-state index in [1.54, 1.807) is 12.3 Å². The van der Waals surface area contributed by atoms with E-state index in [1.165, 1.54) is 12.8 Å². The molecular weight excluding hydrogens is 276 g/mol. The van der Waals surface area contributed by atoms with Crippen molar-refractivity contribution in [2.75, 3.05) is 28.7 Å². The number of anilines is 2. The lowest BCUT2D eigenvalue weighted by Crippen LogP contribution is -2.21. The Labute approximate surface area is 120 Å². The van der Waals surface area contributed by atoms with Gasteiger partial charge in [-0.3, -0.25) is 0 Å². The average Bonchev–Trinajstić information content (AvgIpc) is 2.74. The van der Waals surface area contributed by atoms with E-state index >= 15 is 0 Å². The van der Waals surface area contributed by atoms with Crippen LogP contribution in [0.25, 0.3) is 0 Å². The van der Waals surface area contributed by atoms with Crippen molar-refractivity contribution in [3.8, 4) is 0 Å². The van der Waals surface area contributed by atoms with Crippen molar-refractivity contribution < 1.29 is 8.42 Å². The van der Waals surface area contributed by atoms with Crippen molar-refractivity contribution in [2.45, 2.75) is 38.6 Å². The van der Waals surface area contributed by atoms with Gasteiger partial charge in [0.2, 0.25) is 5.95 Å². The second-order valence-corrected chi connectivity index (χ2v) is 7.37. The summed E-state index contributed by atoms with van der Waals surface area (Å²) in [6.45, 7) is 3.02. The molecule has 0 spiro atoms. The van der Waals surface area contributed by atoms with Crippen LogP contribution in [0.4, 0.5) is 11.8 Å². The van der Waals surface area contributed by atoms with Gasteiger partial charge in [0.15, 0.2) is 9.84 Å². The summed E-state index contributed by atoms with van der Waals surface area (Å²) in [6, 6.07) is 1.73. The average molecular weight is 298 g/mol. The van der Waals surface area contributed by atoms with Gasteiger partial charge in [-0.2, -0.15) is 4.98 Å². The molecule has 20 heavy (non-hydrogen) atoms. The Hall–Kier alpha value is -1.37. The summed E-state index contributed by atoms with van der Waals surface area (Å²) in [5, 5.41) is 6.35. The van der Waals surface area contributed by atoms with Gasteiger partial charge in [-0.25, -0.2) is 13.4 Å². The molecule has 2 heterocycles. The molecule has 1 fully saturated rings. The van der Waals surface area contributed by atoms with Crippen molar-refractivity contribution in [1.82, 2.24) is 9.97 Å². The summed E-state index contributed by atoms with van der Waals surface area (Å²) in [6.07, 6.45) is 5.79. The molecule has 2 rings (SSSR count). The number of unbranched alkanes of at least 4 members (excludes halogenated alkanes) is 2. The van der Waals surface area contributed by atoms with Crippen LogP contribution in [0.1, 0.15) is 32.6 Å². The fourth-order valence-corrected chi connectivity index (χ4v) is 3.89. The molecule has 1 atom stereocenters. The summed E-state index contributed by atoms with van der Waals surface area (Å²) in [4.78, 5) is 8.51. The standard InChI is InChI=1S/C13H22N4O2S/c1-2-3-4-7-14-13-15-8-5-12(17-13)16-11-6-9-20(18,19)10-11/h5,8,11H,2-4,6-7,9-10H2,1H3,(H2,14,15,16,17). The molecule has 0 saturated carbocycles. The lowest BCUT2D eigenvalue weighted by atomic mass is 10.2. The molecule has 0 bridgehead atoms. The highest BCUT2D eigenvalue weighted by molar-refractivity contribution is 7.91. The van der Waals surface area contributed by atoms with E-state index in [0.717, 1.165) is 13.0 Å². The highest BCUT2D eigenvalue weighted by Gasteiger charge is 2.27. The molecule has 1 aromatic rings. The number of aromatic nitrogens is 2. The molecule has 0 aromatic carbocycles. The van der Waals surface area contributed by atoms with Gasteiger partial charge in [0.1, 0.15) is 5.82 Å². The first-order valence-corrected chi connectivity index (χ1v) is 8.95. The van der Waals surface area contributed by atoms with E-state index in [4.69, 9.17) is 0 Å². The normalized spacial score (nSPS) is 20.8. The number of hydrogen-bond acceptors (Lipinski definition) is 6. The van der Waals surface area contributed by atoms with Crippen molar-refractivity contribution in [3.05, 3.63) is 12.3 Å². The lowest BCUT2D eigenvalue weighted by molar-refractivity contribution is 0.602. The largest absolute Gasteiger partial charge is 0.366 e. The minimum absolute atomic E-state index is 0.0390. The molecule has 1 aliphatic rings. The molecule has 1 unspecified atom stereocenters. The van der Waals surface area contributed by atoms with E-state index in [1.807, 2.05) is 0 Å². The Balaban J connectivity index is 1.86. The fraction of sp³-hybridized carbons (Fsp3) is 0.692. The van der Waals surface area contributed by atoms with E-state index in [0.29, 0.717) is 18.2 Å². The van der Waals surface area contributed by atoms with Crippen molar-refractivity contribution in [2.24, 2.45) is 0 Å². The van der Waals surface area contributed by atoms with Crippen LogP contribution in [0.2, 0.25) is 0 Å². The Kier molecular flexibility index (Phi) is 5.17. The summed E-state index contributed by atoms with van der Waals surface area (Å²) < 4.78 is 22.8. The lowest BCUT2D eigenvalue weighted by Gasteiger charge is -2.12. The van der Waals surface area contributed by atoms with Gasteiger partial charge >= 0.3 is 0 Å². The van der Waals surface area contributed by atoms with E-state index in [2.05, 4.69) is 27.5 Å². The zero-order chi connectivity index (χ0) is 14.4. The first-order chi connectivity index (χ1) is 9.59. The Morgan fingerprint density at radius 1 is 1.40 bits per heavy atom. The van der Waals surface area contributed by atoms with Gasteiger partial charge in [-0.15, -0.1) is 0 Å². The molecule has 1 aliphatic heterocycles. The quantitative estimate of drug-likeness (QED) is 0.745. The van der Waals surface area contributed by atoms with Gasteiger partial charge in [-0.1, -0.05) is 19.8 Å². The third-order valence-electron chi connectivity index (χ3n) is 3.30. The molecule has 6 nitrogen and oxygen atoms in total. The minimum atomic E-state index is -2.87. The molecule has 7 heteroatoms. The third-order valence-corrected chi connectivity index (χ3v) is 5.07. The van der Waals surface area contributed by atoms with Crippen LogP contribution < -0.4 is 10.6 Å². The van der Waals surface area contributed by atoms with Crippen molar-refractivity contribution in [1.29, 1.82) is 0 Å². The smallest absolute Gasteiger partial charge is 0.224 e. The van der Waals surface area contributed by atoms with Gasteiger partial charge < -0.3 is 10.6 Å². The molecule has 1 saturated heterocycles. The zero-order valence-corrected chi connectivity index (χ0v) is 12.6. The zero-order valence-electron chi connectivity index (χ0n) is 11.8. The number of hydrogen-bond donors (Lipinski definition) is 2. The number of nitrogens with one attached hydrogen (secondary N) is 2. The van der Waals surface area contributed by atoms with Crippen LogP contribution in [0, 0.1) is 0 Å². The van der Waals surface area contributed by atoms with Crippen LogP contribution in [-0.4, -0.2) is 42.5 Å². The van der Waals surface area contributed by atoms with Crippen LogP contribution in [0.5, 0.6) is 0 Å². The number of rotatable bonds is 7. The Bertz CT molecular complexity index is 533. The van der Waals surface area contributed by atoms with Crippen LogP contribution in [0.15, 0.2) is 12.3 Å². The van der Waals surface area contributed by atoms with Gasteiger partial charge in [-0.05, 0) is 18.9 Å². The molecular formula is C13H22N4O2S. The SMILES string of the molecule is CCCCCNc1nccc(NC2CCS(=O)(=O)C2)n1. The Morgan fingerprint density at radius 3 is 2.95 bits per heavy atom. The summed E-state index contributed by atoms with van der Waals surface area (Å²) >= 11 is 0. The summed E-state index contributed by atoms with van der Waals surface area (Å²) in [7, 11) is -2.87. The molecule has 0 amide bonds. The summed E-state index contributed by atoms with van der Waals surface area (Å²) in [5.41, 5.74) is 0. The van der Waals surface area contributed by atoms with E-state index < -0.39 is 9.84 Å². The van der Waals surface area contributed by atoms with Crippen LogP contribution >= 0.6 is 0 Å². The number of sulfone groups is 1. The molecule has 0 aliphatic carbocycles. The van der Waals surface area contributed by atoms with Crippen molar-refractivity contribution in [3.63, 3.8) is 0 Å². The fourth-order valence-electron chi connectivity index (χ4n) is 2.22.